The highest BCUT2D eigenvalue weighted by molar-refractivity contribution is 7.90. The van der Waals surface area contributed by atoms with Gasteiger partial charge in [0.05, 0.1) is 31.8 Å². The monoisotopic (exact) mass is 643 g/mol. The number of unbranched alkanes of at least 4 members (excludes halogenated alkanes) is 4. The highest BCUT2D eigenvalue weighted by atomic mass is 32.2. The van der Waals surface area contributed by atoms with E-state index >= 15 is 0 Å². The molecule has 0 aliphatic heterocycles. The minimum atomic E-state index is -2.98. The predicted molar refractivity (Wildman–Crippen MR) is 184 cm³/mol. The molecule has 0 bridgehead atoms. The number of carbonyl (C=O) groups is 1. The van der Waals surface area contributed by atoms with Crippen LogP contribution in [0.3, 0.4) is 0 Å². The number of pyridine rings is 1. The van der Waals surface area contributed by atoms with Crippen molar-refractivity contribution in [3.63, 3.8) is 0 Å². The van der Waals surface area contributed by atoms with Crippen LogP contribution in [0.5, 0.6) is 11.6 Å². The van der Waals surface area contributed by atoms with E-state index in [2.05, 4.69) is 36.4 Å². The maximum Gasteiger partial charge on any atom is 0.305 e. The van der Waals surface area contributed by atoms with E-state index in [1.165, 1.54) is 18.9 Å². The molecule has 244 valence electrons. The number of hydrogen-bond acceptors (Lipinski definition) is 7. The molecule has 0 saturated carbocycles. The molecule has 1 aromatic heterocycles. The van der Waals surface area contributed by atoms with Crippen LogP contribution in [-0.4, -0.2) is 51.7 Å². The third-order valence-corrected chi connectivity index (χ3v) is 8.80. The summed E-state index contributed by atoms with van der Waals surface area (Å²) in [7, 11) is -1.58. The lowest BCUT2D eigenvalue weighted by molar-refractivity contribution is -0.140. The topological polar surface area (TPSA) is 91.8 Å². The first-order valence-corrected chi connectivity index (χ1v) is 18.1. The van der Waals surface area contributed by atoms with Gasteiger partial charge in [-0.25, -0.2) is 13.4 Å². The van der Waals surface area contributed by atoms with E-state index in [9.17, 15) is 13.2 Å². The summed E-state index contributed by atoms with van der Waals surface area (Å²) in [6.45, 7) is 1.02. The molecule has 0 aliphatic carbocycles. The van der Waals surface area contributed by atoms with Crippen LogP contribution < -0.4 is 9.47 Å². The second-order valence-corrected chi connectivity index (χ2v) is 13.7. The van der Waals surface area contributed by atoms with Gasteiger partial charge >= 0.3 is 5.97 Å². The number of rotatable bonds is 19. The molecule has 0 N–H and O–H groups in total. The summed E-state index contributed by atoms with van der Waals surface area (Å²) >= 11 is 0. The van der Waals surface area contributed by atoms with Gasteiger partial charge in [-0.1, -0.05) is 85.6 Å². The molecule has 4 rings (SSSR count). The lowest BCUT2D eigenvalue weighted by Gasteiger charge is -2.16. The Hall–Kier alpha value is -4.17. The molecule has 46 heavy (non-hydrogen) atoms. The fourth-order valence-electron chi connectivity index (χ4n) is 5.32. The molecule has 0 saturated heterocycles. The molecule has 0 atom stereocenters. The van der Waals surface area contributed by atoms with Crippen molar-refractivity contribution < 1.29 is 27.4 Å². The number of benzene rings is 3. The van der Waals surface area contributed by atoms with Gasteiger partial charge in [0.25, 0.3) is 0 Å². The van der Waals surface area contributed by atoms with Gasteiger partial charge < -0.3 is 14.2 Å². The molecule has 3 aromatic carbocycles. The van der Waals surface area contributed by atoms with Crippen molar-refractivity contribution >= 4 is 15.8 Å². The number of aryl methyl sites for hydroxylation is 1. The van der Waals surface area contributed by atoms with E-state index < -0.39 is 9.84 Å². The Kier molecular flexibility index (Phi) is 13.6. The number of esters is 1. The van der Waals surface area contributed by atoms with Crippen molar-refractivity contribution in [1.29, 1.82) is 0 Å². The minimum absolute atomic E-state index is 0.155. The predicted octanol–water partition coefficient (Wildman–Crippen LogP) is 7.91. The van der Waals surface area contributed by atoms with Gasteiger partial charge in [0.15, 0.2) is 0 Å². The Bertz CT molecular complexity index is 1570. The fourth-order valence-corrected chi connectivity index (χ4v) is 6.05. The summed E-state index contributed by atoms with van der Waals surface area (Å²) in [4.78, 5) is 16.7. The normalized spacial score (nSPS) is 11.3. The molecule has 0 unspecified atom stereocenters. The lowest BCUT2D eigenvalue weighted by atomic mass is 9.97. The third kappa shape index (κ3) is 11.6. The van der Waals surface area contributed by atoms with Gasteiger partial charge in [-0.05, 0) is 72.9 Å². The molecular weight excluding hydrogens is 598 g/mol. The van der Waals surface area contributed by atoms with E-state index in [1.807, 2.05) is 54.6 Å². The van der Waals surface area contributed by atoms with Crippen molar-refractivity contribution in [2.24, 2.45) is 0 Å². The van der Waals surface area contributed by atoms with Gasteiger partial charge in [-0.15, -0.1) is 0 Å². The van der Waals surface area contributed by atoms with E-state index in [1.54, 1.807) is 0 Å². The van der Waals surface area contributed by atoms with Gasteiger partial charge in [0.1, 0.15) is 15.6 Å². The van der Waals surface area contributed by atoms with E-state index in [-0.39, 0.29) is 18.1 Å². The van der Waals surface area contributed by atoms with Crippen LogP contribution in [0, 0.1) is 0 Å². The van der Waals surface area contributed by atoms with Crippen LogP contribution in [0.2, 0.25) is 0 Å². The zero-order valence-corrected chi connectivity index (χ0v) is 27.8. The van der Waals surface area contributed by atoms with Crippen molar-refractivity contribution in [3.05, 3.63) is 102 Å². The first kappa shape index (κ1) is 34.7. The van der Waals surface area contributed by atoms with Crippen LogP contribution in [0.4, 0.5) is 0 Å². The second kappa shape index (κ2) is 18.1. The van der Waals surface area contributed by atoms with Crippen LogP contribution in [0.25, 0.3) is 22.4 Å². The van der Waals surface area contributed by atoms with Gasteiger partial charge in [-0.2, -0.15) is 0 Å². The number of ether oxygens (including phenoxy) is 3. The zero-order chi connectivity index (χ0) is 32.6. The van der Waals surface area contributed by atoms with Gasteiger partial charge in [0, 0.05) is 24.3 Å². The Morgan fingerprint density at radius 3 is 2.09 bits per heavy atom. The minimum Gasteiger partial charge on any atom is -0.493 e. The van der Waals surface area contributed by atoms with Crippen LogP contribution >= 0.6 is 0 Å². The average Bonchev–Trinajstić information content (AvgIpc) is 3.07. The van der Waals surface area contributed by atoms with E-state index in [4.69, 9.17) is 19.2 Å². The number of aromatic nitrogens is 1. The molecule has 0 fully saturated rings. The summed E-state index contributed by atoms with van der Waals surface area (Å²) in [5.74, 6) is 1.29. The molecule has 4 aromatic rings. The quantitative estimate of drug-likeness (QED) is 0.0758. The van der Waals surface area contributed by atoms with Gasteiger partial charge in [-0.3, -0.25) is 4.79 Å². The molecule has 1 heterocycles. The highest BCUT2D eigenvalue weighted by Crippen LogP contribution is 2.29. The summed E-state index contributed by atoms with van der Waals surface area (Å²) in [5.41, 5.74) is 6.34. The average molecular weight is 644 g/mol. The van der Waals surface area contributed by atoms with Crippen molar-refractivity contribution in [1.82, 2.24) is 4.98 Å². The number of sulfone groups is 1. The molecule has 0 radical (unpaired) electrons. The molecule has 0 spiro atoms. The molecule has 8 heteroatoms. The fraction of sp³-hybridized carbons (Fsp3) is 0.368. The smallest absolute Gasteiger partial charge is 0.305 e. The summed E-state index contributed by atoms with van der Waals surface area (Å²) in [6.07, 6.45) is 8.14. The highest BCUT2D eigenvalue weighted by Gasteiger charge is 2.13. The Balaban J connectivity index is 1.29. The second-order valence-electron chi connectivity index (χ2n) is 11.5. The number of nitrogens with zero attached hydrogens (tertiary/aromatic N) is 1. The number of carbonyl (C=O) groups excluding carboxylic acids is 1. The number of hydrogen-bond donors (Lipinski definition) is 0. The first-order valence-electron chi connectivity index (χ1n) is 16.1. The number of methoxy groups -OCH3 is 1. The molecular formula is C38H45NO6S. The van der Waals surface area contributed by atoms with Crippen LogP contribution in [0.1, 0.15) is 56.1 Å². The Morgan fingerprint density at radius 2 is 1.37 bits per heavy atom. The molecule has 0 amide bonds. The van der Waals surface area contributed by atoms with Crippen molar-refractivity contribution in [2.75, 3.05) is 32.3 Å². The lowest BCUT2D eigenvalue weighted by Crippen LogP contribution is -2.08. The van der Waals surface area contributed by atoms with Crippen molar-refractivity contribution in [2.45, 2.75) is 57.8 Å². The van der Waals surface area contributed by atoms with Crippen molar-refractivity contribution in [3.8, 4) is 34.0 Å². The SMILES string of the molecule is COC(=O)CCc1c(CCCCCCOc2cc(-c3ccccc3)cc(-c3ccccc3)n2)cccc1OCCCCS(C)(=O)=O. The molecule has 0 aliphatic rings. The van der Waals surface area contributed by atoms with Crippen LogP contribution in [0.15, 0.2) is 91.0 Å². The summed E-state index contributed by atoms with van der Waals surface area (Å²) in [6, 6.07) is 30.6. The standard InChI is InChI=1S/C38H45NO6S/c1-43-38(40)24-23-34-31(21-15-22-36(34)44-25-13-14-27-46(2,41)42)18-7-3-4-12-26-45-37-29-33(30-16-8-5-9-17-30)28-35(39-37)32-19-10-6-11-20-32/h5-6,8-11,15-17,19-22,28-29H,3-4,7,12-14,18,23-27H2,1-2H3. The van der Waals surface area contributed by atoms with E-state index in [0.29, 0.717) is 38.4 Å². The maximum atomic E-state index is 11.9. The van der Waals surface area contributed by atoms with Gasteiger partial charge in [0.2, 0.25) is 5.88 Å². The molecule has 7 nitrogen and oxygen atoms in total. The maximum absolute atomic E-state index is 11.9. The summed E-state index contributed by atoms with van der Waals surface area (Å²) < 4.78 is 39.9. The Morgan fingerprint density at radius 1 is 0.696 bits per heavy atom. The first-order chi connectivity index (χ1) is 22.3. The summed E-state index contributed by atoms with van der Waals surface area (Å²) in [5, 5.41) is 0. The van der Waals surface area contributed by atoms with Crippen LogP contribution in [-0.2, 0) is 32.2 Å². The zero-order valence-electron chi connectivity index (χ0n) is 27.0. The third-order valence-electron chi connectivity index (χ3n) is 7.77. The van der Waals surface area contributed by atoms with E-state index in [0.717, 1.165) is 65.8 Å². The Labute approximate surface area is 273 Å². The largest absolute Gasteiger partial charge is 0.493 e.